The number of pyridine rings is 1. The van der Waals surface area contributed by atoms with Crippen molar-refractivity contribution in [3.63, 3.8) is 0 Å². The molecule has 0 fully saturated rings. The molecule has 1 aromatic carbocycles. The van der Waals surface area contributed by atoms with Crippen LogP contribution in [0.1, 0.15) is 10.4 Å². The van der Waals surface area contributed by atoms with Crippen LogP contribution in [0.5, 0.6) is 0 Å². The lowest BCUT2D eigenvalue weighted by molar-refractivity contribution is 0.0964. The molecule has 1 amide bonds. The van der Waals surface area contributed by atoms with Crippen molar-refractivity contribution in [1.82, 2.24) is 10.3 Å². The monoisotopic (exact) mass is 276 g/mol. The van der Waals surface area contributed by atoms with Crippen LogP contribution in [0.2, 0.25) is 5.15 Å². The van der Waals surface area contributed by atoms with Crippen molar-refractivity contribution in [2.24, 2.45) is 0 Å². The lowest BCUT2D eigenvalue weighted by Gasteiger charge is -2.12. The predicted molar refractivity (Wildman–Crippen MR) is 76.8 cm³/mol. The fourth-order valence-electron chi connectivity index (χ4n) is 1.62. The molecule has 19 heavy (non-hydrogen) atoms. The van der Waals surface area contributed by atoms with E-state index < -0.39 is 0 Å². The highest BCUT2D eigenvalue weighted by Crippen LogP contribution is 2.26. The lowest BCUT2D eigenvalue weighted by Crippen LogP contribution is -2.19. The third kappa shape index (κ3) is 2.95. The zero-order valence-electron chi connectivity index (χ0n) is 10.3. The Morgan fingerprint density at radius 1 is 1.32 bits per heavy atom. The maximum absolute atomic E-state index is 11.8. The molecule has 5 nitrogen and oxygen atoms in total. The molecular weight excluding hydrogens is 264 g/mol. The Labute approximate surface area is 115 Å². The number of nitrogens with two attached hydrogens (primary N) is 1. The second-order valence-corrected chi connectivity index (χ2v) is 4.23. The van der Waals surface area contributed by atoms with Gasteiger partial charge in [0.25, 0.3) is 5.91 Å². The van der Waals surface area contributed by atoms with E-state index in [1.54, 1.807) is 31.3 Å². The van der Waals surface area contributed by atoms with E-state index in [0.717, 1.165) is 0 Å². The molecule has 1 heterocycles. The summed E-state index contributed by atoms with van der Waals surface area (Å²) in [6.45, 7) is 0. The fourth-order valence-corrected chi connectivity index (χ4v) is 1.78. The second-order valence-electron chi connectivity index (χ2n) is 3.84. The van der Waals surface area contributed by atoms with Crippen molar-refractivity contribution in [3.05, 3.63) is 47.2 Å². The molecule has 0 saturated heterocycles. The van der Waals surface area contributed by atoms with E-state index in [2.05, 4.69) is 15.6 Å². The first kappa shape index (κ1) is 13.2. The first-order valence-electron chi connectivity index (χ1n) is 5.61. The first-order valence-corrected chi connectivity index (χ1v) is 5.98. The zero-order chi connectivity index (χ0) is 13.8. The smallest absolute Gasteiger partial charge is 0.253 e. The highest BCUT2D eigenvalue weighted by molar-refractivity contribution is 6.29. The molecular formula is C13H13ClN4O. The standard InChI is InChI=1S/C13H13ClN4O/c1-16-13(19)8-4-2-3-5-10(8)18-11-6-12(14)17-7-9(11)15/h2-7H,15H2,1H3,(H,16,19)(H,17,18). The fraction of sp³-hybridized carbons (Fsp3) is 0.0769. The summed E-state index contributed by atoms with van der Waals surface area (Å²) in [4.78, 5) is 15.6. The summed E-state index contributed by atoms with van der Waals surface area (Å²) in [5.74, 6) is -0.179. The third-order valence-corrected chi connectivity index (χ3v) is 2.78. The lowest BCUT2D eigenvalue weighted by atomic mass is 10.1. The van der Waals surface area contributed by atoms with Crippen LogP contribution in [0, 0.1) is 0 Å². The average molecular weight is 277 g/mol. The van der Waals surface area contributed by atoms with E-state index in [1.165, 1.54) is 6.20 Å². The molecule has 4 N–H and O–H groups in total. The number of aromatic nitrogens is 1. The van der Waals surface area contributed by atoms with E-state index >= 15 is 0 Å². The van der Waals surface area contributed by atoms with Crippen molar-refractivity contribution >= 4 is 34.6 Å². The van der Waals surface area contributed by atoms with Gasteiger partial charge in [0, 0.05) is 13.1 Å². The maximum atomic E-state index is 11.8. The van der Waals surface area contributed by atoms with Gasteiger partial charge >= 0.3 is 0 Å². The Balaban J connectivity index is 2.38. The molecule has 6 heteroatoms. The first-order chi connectivity index (χ1) is 9.11. The average Bonchev–Trinajstić information content (AvgIpc) is 2.42. The molecule has 98 valence electrons. The van der Waals surface area contributed by atoms with Crippen LogP contribution in [0.3, 0.4) is 0 Å². The minimum absolute atomic E-state index is 0.179. The van der Waals surface area contributed by atoms with Gasteiger partial charge in [-0.05, 0) is 12.1 Å². The van der Waals surface area contributed by atoms with E-state index in [1.807, 2.05) is 6.07 Å². The van der Waals surface area contributed by atoms with Crippen LogP contribution in [0.15, 0.2) is 36.5 Å². The SMILES string of the molecule is CNC(=O)c1ccccc1Nc1cc(Cl)ncc1N. The number of hydrogen-bond donors (Lipinski definition) is 3. The number of amides is 1. The number of nitrogens with one attached hydrogen (secondary N) is 2. The van der Waals surface area contributed by atoms with Gasteiger partial charge in [-0.2, -0.15) is 0 Å². The number of rotatable bonds is 3. The molecule has 0 radical (unpaired) electrons. The zero-order valence-corrected chi connectivity index (χ0v) is 11.0. The van der Waals surface area contributed by atoms with E-state index in [9.17, 15) is 4.79 Å². The molecule has 0 bridgehead atoms. The number of nitrogens with zero attached hydrogens (tertiary/aromatic N) is 1. The van der Waals surface area contributed by atoms with Gasteiger partial charge in [-0.25, -0.2) is 4.98 Å². The van der Waals surface area contributed by atoms with Gasteiger partial charge in [-0.1, -0.05) is 23.7 Å². The van der Waals surface area contributed by atoms with E-state index in [0.29, 0.717) is 27.8 Å². The Morgan fingerprint density at radius 3 is 2.79 bits per heavy atom. The third-order valence-electron chi connectivity index (χ3n) is 2.57. The summed E-state index contributed by atoms with van der Waals surface area (Å²) in [6.07, 6.45) is 1.47. The van der Waals surface area contributed by atoms with Gasteiger partial charge < -0.3 is 16.4 Å². The summed E-state index contributed by atoms with van der Waals surface area (Å²) in [5, 5.41) is 6.00. The minimum atomic E-state index is -0.179. The van der Waals surface area contributed by atoms with Gasteiger partial charge in [0.05, 0.1) is 28.8 Å². The minimum Gasteiger partial charge on any atom is -0.396 e. The molecule has 0 aliphatic rings. The molecule has 0 unspecified atom stereocenters. The Kier molecular flexibility index (Phi) is 3.87. The number of benzene rings is 1. The Morgan fingerprint density at radius 2 is 2.05 bits per heavy atom. The Hall–Kier alpha value is -2.27. The van der Waals surface area contributed by atoms with Crippen LogP contribution in [-0.2, 0) is 0 Å². The van der Waals surface area contributed by atoms with Gasteiger partial charge in [0.2, 0.25) is 0 Å². The molecule has 2 aromatic rings. The summed E-state index contributed by atoms with van der Waals surface area (Å²) in [7, 11) is 1.58. The number of carbonyl (C=O) groups excluding carboxylic acids is 1. The normalized spacial score (nSPS) is 10.0. The van der Waals surface area contributed by atoms with Gasteiger partial charge in [-0.15, -0.1) is 0 Å². The maximum Gasteiger partial charge on any atom is 0.253 e. The molecule has 0 saturated carbocycles. The molecule has 0 aliphatic carbocycles. The number of carbonyl (C=O) groups is 1. The van der Waals surface area contributed by atoms with Crippen molar-refractivity contribution in [2.75, 3.05) is 18.1 Å². The highest BCUT2D eigenvalue weighted by Gasteiger charge is 2.10. The van der Waals surface area contributed by atoms with Gasteiger partial charge in [0.15, 0.2) is 0 Å². The molecule has 1 aromatic heterocycles. The molecule has 0 aliphatic heterocycles. The van der Waals surface area contributed by atoms with Gasteiger partial charge in [-0.3, -0.25) is 4.79 Å². The number of nitrogen functional groups attached to an aromatic ring is 1. The quantitative estimate of drug-likeness (QED) is 0.752. The number of anilines is 3. The number of hydrogen-bond acceptors (Lipinski definition) is 4. The number of halogens is 1. The highest BCUT2D eigenvalue weighted by atomic mass is 35.5. The summed E-state index contributed by atoms with van der Waals surface area (Å²) in [6, 6.07) is 8.74. The predicted octanol–water partition coefficient (Wildman–Crippen LogP) is 2.42. The van der Waals surface area contributed by atoms with Crippen molar-refractivity contribution in [2.45, 2.75) is 0 Å². The van der Waals surface area contributed by atoms with Crippen LogP contribution in [0.25, 0.3) is 0 Å². The Bertz CT molecular complexity index is 615. The topological polar surface area (TPSA) is 80.0 Å². The van der Waals surface area contributed by atoms with Crippen LogP contribution in [0.4, 0.5) is 17.1 Å². The van der Waals surface area contributed by atoms with Crippen LogP contribution >= 0.6 is 11.6 Å². The molecule has 2 rings (SSSR count). The summed E-state index contributed by atoms with van der Waals surface area (Å²) >= 11 is 5.83. The molecule has 0 atom stereocenters. The van der Waals surface area contributed by atoms with E-state index in [4.69, 9.17) is 17.3 Å². The van der Waals surface area contributed by atoms with Gasteiger partial charge in [0.1, 0.15) is 5.15 Å². The van der Waals surface area contributed by atoms with Crippen molar-refractivity contribution < 1.29 is 4.79 Å². The largest absolute Gasteiger partial charge is 0.396 e. The summed E-state index contributed by atoms with van der Waals surface area (Å²) in [5.41, 5.74) is 8.05. The molecule has 0 spiro atoms. The second kappa shape index (κ2) is 5.58. The van der Waals surface area contributed by atoms with Crippen LogP contribution < -0.4 is 16.4 Å². The van der Waals surface area contributed by atoms with Crippen LogP contribution in [-0.4, -0.2) is 17.9 Å². The summed E-state index contributed by atoms with van der Waals surface area (Å²) < 4.78 is 0. The number of para-hydroxylation sites is 1. The van der Waals surface area contributed by atoms with E-state index in [-0.39, 0.29) is 5.91 Å². The van der Waals surface area contributed by atoms with Crippen molar-refractivity contribution in [3.8, 4) is 0 Å². The van der Waals surface area contributed by atoms with Crippen molar-refractivity contribution in [1.29, 1.82) is 0 Å².